The number of aromatic nitrogens is 3. The number of benzene rings is 2. The quantitative estimate of drug-likeness (QED) is 0.368. The predicted octanol–water partition coefficient (Wildman–Crippen LogP) is 5.61. The number of halogens is 2. The van der Waals surface area contributed by atoms with E-state index in [2.05, 4.69) is 4.98 Å². The number of pyridine rings is 1. The van der Waals surface area contributed by atoms with Crippen LogP contribution in [0.5, 0.6) is 0 Å². The number of rotatable bonds is 3. The summed E-state index contributed by atoms with van der Waals surface area (Å²) in [5, 5.41) is 5.87. The molecule has 0 unspecified atom stereocenters. The van der Waals surface area contributed by atoms with Crippen molar-refractivity contribution in [2.24, 2.45) is 0 Å². The van der Waals surface area contributed by atoms with Crippen molar-refractivity contribution in [3.63, 3.8) is 0 Å². The Balaban J connectivity index is 1.66. The molecule has 9 heteroatoms. The average molecular weight is 499 g/mol. The molecule has 6 nitrogen and oxygen atoms in total. The molecule has 0 bridgehead atoms. The zero-order valence-electron chi connectivity index (χ0n) is 18.0. The summed E-state index contributed by atoms with van der Waals surface area (Å²) in [5.41, 5.74) is 4.90. The fourth-order valence-corrected chi connectivity index (χ4v) is 6.04. The lowest BCUT2D eigenvalue weighted by Gasteiger charge is -2.23. The van der Waals surface area contributed by atoms with Gasteiger partial charge in [0.2, 0.25) is 0 Å². The predicted molar refractivity (Wildman–Crippen MR) is 131 cm³/mol. The van der Waals surface area contributed by atoms with Crippen LogP contribution in [0.3, 0.4) is 0 Å². The largest absolute Gasteiger partial charge is 0.265 e. The number of sulfonamides is 1. The van der Waals surface area contributed by atoms with Crippen molar-refractivity contribution >= 4 is 39.0 Å². The van der Waals surface area contributed by atoms with Crippen LogP contribution in [0.1, 0.15) is 16.8 Å². The Kier molecular flexibility index (Phi) is 5.43. The molecule has 5 rings (SSSR count). The van der Waals surface area contributed by atoms with Gasteiger partial charge in [-0.2, -0.15) is 5.10 Å². The lowest BCUT2D eigenvalue weighted by Crippen LogP contribution is -2.33. The highest BCUT2D eigenvalue weighted by Gasteiger charge is 2.33. The van der Waals surface area contributed by atoms with E-state index in [1.807, 2.05) is 26.0 Å². The first-order valence-corrected chi connectivity index (χ1v) is 12.6. The maximum Gasteiger partial charge on any atom is 0.265 e. The van der Waals surface area contributed by atoms with Gasteiger partial charge in [0.25, 0.3) is 10.0 Å². The fourth-order valence-electron chi connectivity index (χ4n) is 4.11. The Hall–Kier alpha value is -2.87. The minimum absolute atomic E-state index is 0.235. The molecule has 168 valence electrons. The van der Waals surface area contributed by atoms with Crippen LogP contribution >= 0.6 is 23.2 Å². The molecule has 0 saturated heterocycles. The van der Waals surface area contributed by atoms with Crippen LogP contribution in [0.2, 0.25) is 10.0 Å². The highest BCUT2D eigenvalue weighted by atomic mass is 35.5. The molecule has 3 heterocycles. The van der Waals surface area contributed by atoms with Crippen molar-refractivity contribution in [1.29, 1.82) is 0 Å². The smallest absolute Gasteiger partial charge is 0.249 e. The van der Waals surface area contributed by atoms with Gasteiger partial charge in [-0.1, -0.05) is 40.9 Å². The lowest BCUT2D eigenvalue weighted by molar-refractivity contribution is 0.590. The zero-order valence-corrected chi connectivity index (χ0v) is 20.3. The highest BCUT2D eigenvalue weighted by molar-refractivity contribution is 7.92. The van der Waals surface area contributed by atoms with Gasteiger partial charge >= 0.3 is 0 Å². The maximum atomic E-state index is 13.6. The van der Waals surface area contributed by atoms with Gasteiger partial charge < -0.3 is 0 Å². The fraction of sp³-hybridized carbons (Fsp3) is 0.167. The highest BCUT2D eigenvalue weighted by Crippen LogP contribution is 2.39. The number of anilines is 1. The van der Waals surface area contributed by atoms with Crippen LogP contribution in [0.15, 0.2) is 65.7 Å². The summed E-state index contributed by atoms with van der Waals surface area (Å²) in [6, 6.07) is 15.8. The summed E-state index contributed by atoms with van der Waals surface area (Å²) in [4.78, 5) is 4.70. The molecule has 0 aliphatic carbocycles. The summed E-state index contributed by atoms with van der Waals surface area (Å²) in [7, 11) is -3.80. The molecular formula is C24H20Cl2N4O2S. The Morgan fingerprint density at radius 1 is 1.00 bits per heavy atom. The summed E-state index contributed by atoms with van der Waals surface area (Å²) in [5.74, 6) is 0.365. The molecule has 0 radical (unpaired) electrons. The van der Waals surface area contributed by atoms with Gasteiger partial charge in [0.05, 0.1) is 15.6 Å². The summed E-state index contributed by atoms with van der Waals surface area (Å²) >= 11 is 12.5. The molecule has 0 fully saturated rings. The normalized spacial score (nSPS) is 13.4. The van der Waals surface area contributed by atoms with E-state index in [1.165, 1.54) is 4.31 Å². The SMILES string of the molecule is Cc1ccc(S(=O)(=O)N2CCc3c(nn(-c4ccc(Cl)cc4Cl)c3C)-c3cccnc32)cc1. The Morgan fingerprint density at radius 3 is 2.48 bits per heavy atom. The summed E-state index contributed by atoms with van der Waals surface area (Å²) in [6.07, 6.45) is 2.08. The second-order valence-corrected chi connectivity index (χ2v) is 10.6. The van der Waals surface area contributed by atoms with E-state index in [1.54, 1.807) is 53.3 Å². The average Bonchev–Trinajstić information content (AvgIpc) is 3.00. The van der Waals surface area contributed by atoms with Gasteiger partial charge in [-0.05, 0) is 62.7 Å². The van der Waals surface area contributed by atoms with Crippen LogP contribution in [0.25, 0.3) is 16.9 Å². The van der Waals surface area contributed by atoms with Crippen molar-refractivity contribution in [1.82, 2.24) is 14.8 Å². The number of hydrogen-bond acceptors (Lipinski definition) is 4. The third-order valence-electron chi connectivity index (χ3n) is 5.83. The molecule has 4 aromatic rings. The van der Waals surface area contributed by atoms with Gasteiger partial charge in [-0.3, -0.25) is 0 Å². The first-order chi connectivity index (χ1) is 15.8. The molecule has 0 saturated carbocycles. The molecule has 2 aromatic heterocycles. The molecule has 0 N–H and O–H groups in total. The summed E-state index contributed by atoms with van der Waals surface area (Å²) in [6.45, 7) is 4.12. The Labute approximate surface area is 202 Å². The minimum Gasteiger partial charge on any atom is -0.249 e. The molecule has 33 heavy (non-hydrogen) atoms. The minimum atomic E-state index is -3.80. The van der Waals surface area contributed by atoms with Gasteiger partial charge in [0.15, 0.2) is 5.82 Å². The molecule has 1 aliphatic heterocycles. The van der Waals surface area contributed by atoms with Crippen LogP contribution in [0, 0.1) is 13.8 Å². The van der Waals surface area contributed by atoms with Crippen LogP contribution in [-0.2, 0) is 16.4 Å². The van der Waals surface area contributed by atoms with Crippen molar-refractivity contribution in [3.05, 3.63) is 87.7 Å². The maximum absolute atomic E-state index is 13.6. The lowest BCUT2D eigenvalue weighted by atomic mass is 10.1. The van der Waals surface area contributed by atoms with Gasteiger partial charge in [0, 0.05) is 34.6 Å². The van der Waals surface area contributed by atoms with E-state index in [0.29, 0.717) is 39.2 Å². The molecule has 0 amide bonds. The van der Waals surface area contributed by atoms with Crippen LogP contribution in [-0.4, -0.2) is 29.7 Å². The zero-order chi connectivity index (χ0) is 23.3. The van der Waals surface area contributed by atoms with E-state index in [9.17, 15) is 8.42 Å². The number of aryl methyl sites for hydroxylation is 1. The van der Waals surface area contributed by atoms with E-state index in [-0.39, 0.29) is 11.4 Å². The van der Waals surface area contributed by atoms with E-state index < -0.39 is 10.0 Å². The second-order valence-electron chi connectivity index (χ2n) is 7.93. The first-order valence-electron chi connectivity index (χ1n) is 10.4. The summed E-state index contributed by atoms with van der Waals surface area (Å²) < 4.78 is 30.3. The van der Waals surface area contributed by atoms with E-state index in [4.69, 9.17) is 28.3 Å². The topological polar surface area (TPSA) is 68.1 Å². The standard InChI is InChI=1S/C24H20Cl2N4O2S/c1-15-5-8-18(9-6-15)33(31,32)29-13-11-19-16(2)30(22-10-7-17(25)14-21(22)26)28-23(19)20-4-3-12-27-24(20)29/h3-10,12,14H,11,13H2,1-2H3. The molecular weight excluding hydrogens is 479 g/mol. The number of nitrogens with zero attached hydrogens (tertiary/aromatic N) is 4. The first kappa shape index (κ1) is 21.9. The van der Waals surface area contributed by atoms with Gasteiger partial charge in [-0.25, -0.2) is 22.4 Å². The van der Waals surface area contributed by atoms with Crippen molar-refractivity contribution in [2.45, 2.75) is 25.2 Å². The Bertz CT molecular complexity index is 1480. The molecule has 0 spiro atoms. The Morgan fingerprint density at radius 2 is 1.76 bits per heavy atom. The molecule has 0 atom stereocenters. The van der Waals surface area contributed by atoms with Crippen LogP contribution < -0.4 is 4.31 Å². The monoisotopic (exact) mass is 498 g/mol. The molecule has 2 aromatic carbocycles. The van der Waals surface area contributed by atoms with Crippen LogP contribution in [0.4, 0.5) is 5.82 Å². The third kappa shape index (κ3) is 3.70. The second kappa shape index (κ2) is 8.17. The van der Waals surface area contributed by atoms with E-state index >= 15 is 0 Å². The molecule has 1 aliphatic rings. The van der Waals surface area contributed by atoms with Gasteiger partial charge in [-0.15, -0.1) is 0 Å². The van der Waals surface area contributed by atoms with Crippen molar-refractivity contribution in [3.8, 4) is 16.9 Å². The third-order valence-corrected chi connectivity index (χ3v) is 8.17. The van der Waals surface area contributed by atoms with Crippen molar-refractivity contribution in [2.75, 3.05) is 10.8 Å². The van der Waals surface area contributed by atoms with Crippen molar-refractivity contribution < 1.29 is 8.42 Å². The van der Waals surface area contributed by atoms with E-state index in [0.717, 1.165) is 16.8 Å². The number of hydrogen-bond donors (Lipinski definition) is 0. The number of fused-ring (bicyclic) bond motifs is 3. The van der Waals surface area contributed by atoms with Gasteiger partial charge in [0.1, 0.15) is 5.69 Å².